The molecule has 1 saturated heterocycles. The molecule has 8 heteroatoms. The highest BCUT2D eigenvalue weighted by Gasteiger charge is 2.24. The third kappa shape index (κ3) is 3.64. The van der Waals surface area contributed by atoms with E-state index in [0.29, 0.717) is 59.8 Å². The van der Waals surface area contributed by atoms with Crippen molar-refractivity contribution in [2.24, 2.45) is 0 Å². The van der Waals surface area contributed by atoms with Crippen molar-refractivity contribution in [3.8, 4) is 11.5 Å². The molecule has 0 saturated carbocycles. The van der Waals surface area contributed by atoms with Crippen LogP contribution in [-0.4, -0.2) is 38.4 Å². The second-order valence-electron chi connectivity index (χ2n) is 6.11. The smallest absolute Gasteiger partial charge is 0.414 e. The minimum absolute atomic E-state index is 0.327. The van der Waals surface area contributed by atoms with Crippen LogP contribution < -0.4 is 19.7 Å². The van der Waals surface area contributed by atoms with E-state index in [1.807, 2.05) is 0 Å². The minimum Gasteiger partial charge on any atom is -0.489 e. The first-order chi connectivity index (χ1) is 13.1. The van der Waals surface area contributed by atoms with Gasteiger partial charge in [-0.15, -0.1) is 0 Å². The van der Waals surface area contributed by atoms with E-state index >= 15 is 0 Å². The first-order valence-electron chi connectivity index (χ1n) is 8.57. The Morgan fingerprint density at radius 1 is 1.07 bits per heavy atom. The third-order valence-corrected chi connectivity index (χ3v) is 4.52. The second-order valence-corrected chi connectivity index (χ2v) is 6.51. The fourth-order valence-corrected chi connectivity index (χ4v) is 3.21. The quantitative estimate of drug-likeness (QED) is 0.867. The van der Waals surface area contributed by atoms with E-state index < -0.39 is 6.09 Å². The summed E-state index contributed by atoms with van der Waals surface area (Å²) in [6, 6.07) is 10.2. The Morgan fingerprint density at radius 3 is 2.74 bits per heavy atom. The van der Waals surface area contributed by atoms with Gasteiger partial charge in [0.05, 0.1) is 24.8 Å². The van der Waals surface area contributed by atoms with E-state index in [4.69, 9.17) is 25.8 Å². The van der Waals surface area contributed by atoms with Crippen LogP contribution in [0.3, 0.4) is 0 Å². The zero-order chi connectivity index (χ0) is 18.8. The number of amides is 2. The average molecular weight is 389 g/mol. The molecule has 27 heavy (non-hydrogen) atoms. The van der Waals surface area contributed by atoms with Gasteiger partial charge < -0.3 is 19.5 Å². The fraction of sp³-hybridized carbons (Fsp3) is 0.263. The van der Waals surface area contributed by atoms with Gasteiger partial charge in [0, 0.05) is 23.4 Å². The van der Waals surface area contributed by atoms with Crippen molar-refractivity contribution < 1.29 is 23.8 Å². The van der Waals surface area contributed by atoms with Crippen LogP contribution in [0, 0.1) is 0 Å². The standard InChI is InChI=1S/C19H17ClN2O5/c20-15-9-12(10-16-17(15)26-7-2-6-25-16)18(23)21-13-3-1-4-14(11-13)22-5-8-27-19(22)24/h1,3-4,9-11H,2,5-8H2,(H,21,23). The SMILES string of the molecule is O=C(Nc1cccc(N2CCOC2=O)c1)c1cc(Cl)c2c(c1)OCCCO2. The lowest BCUT2D eigenvalue weighted by Crippen LogP contribution is -2.23. The number of nitrogens with one attached hydrogen (secondary N) is 1. The summed E-state index contributed by atoms with van der Waals surface area (Å²) in [4.78, 5) is 25.9. The van der Waals surface area contributed by atoms with Crippen molar-refractivity contribution in [1.82, 2.24) is 0 Å². The predicted molar refractivity (Wildman–Crippen MR) is 100 cm³/mol. The maximum Gasteiger partial charge on any atom is 0.414 e. The molecule has 2 heterocycles. The molecule has 2 aliphatic heterocycles. The number of hydrogen-bond donors (Lipinski definition) is 1. The van der Waals surface area contributed by atoms with Gasteiger partial charge in [-0.25, -0.2) is 4.79 Å². The number of nitrogens with zero attached hydrogens (tertiary/aromatic N) is 1. The Morgan fingerprint density at radius 2 is 1.93 bits per heavy atom. The van der Waals surface area contributed by atoms with Gasteiger partial charge in [0.15, 0.2) is 11.5 Å². The van der Waals surface area contributed by atoms with Crippen molar-refractivity contribution in [3.05, 3.63) is 47.0 Å². The van der Waals surface area contributed by atoms with Crippen LogP contribution in [0.15, 0.2) is 36.4 Å². The maximum atomic E-state index is 12.7. The fourth-order valence-electron chi connectivity index (χ4n) is 2.94. The number of hydrogen-bond acceptors (Lipinski definition) is 5. The van der Waals surface area contributed by atoms with Crippen molar-refractivity contribution in [1.29, 1.82) is 0 Å². The van der Waals surface area contributed by atoms with E-state index in [1.54, 1.807) is 36.4 Å². The second kappa shape index (κ2) is 7.36. The number of rotatable bonds is 3. The minimum atomic E-state index is -0.395. The summed E-state index contributed by atoms with van der Waals surface area (Å²) in [6.07, 6.45) is 0.353. The van der Waals surface area contributed by atoms with Crippen molar-refractivity contribution >= 4 is 35.0 Å². The monoisotopic (exact) mass is 388 g/mol. The van der Waals surface area contributed by atoms with E-state index in [2.05, 4.69) is 5.32 Å². The van der Waals surface area contributed by atoms with Crippen LogP contribution in [0.25, 0.3) is 0 Å². The predicted octanol–water partition coefficient (Wildman–Crippen LogP) is 3.71. The molecule has 0 spiro atoms. The molecule has 140 valence electrons. The van der Waals surface area contributed by atoms with Crippen molar-refractivity contribution in [2.45, 2.75) is 6.42 Å². The van der Waals surface area contributed by atoms with Gasteiger partial charge in [0.2, 0.25) is 0 Å². The number of fused-ring (bicyclic) bond motifs is 1. The van der Waals surface area contributed by atoms with E-state index in [9.17, 15) is 9.59 Å². The molecule has 2 amide bonds. The van der Waals surface area contributed by atoms with Gasteiger partial charge in [0.1, 0.15) is 6.61 Å². The summed E-state index contributed by atoms with van der Waals surface area (Å²) in [6.45, 7) is 1.85. The topological polar surface area (TPSA) is 77.1 Å². The Bertz CT molecular complexity index is 902. The molecular formula is C19H17ClN2O5. The van der Waals surface area contributed by atoms with E-state index in [-0.39, 0.29) is 5.91 Å². The molecule has 7 nitrogen and oxygen atoms in total. The molecule has 0 bridgehead atoms. The van der Waals surface area contributed by atoms with Crippen molar-refractivity contribution in [2.75, 3.05) is 36.6 Å². The largest absolute Gasteiger partial charge is 0.489 e. The Balaban J connectivity index is 1.55. The average Bonchev–Trinajstić information content (AvgIpc) is 2.94. The molecule has 0 unspecified atom stereocenters. The highest BCUT2D eigenvalue weighted by molar-refractivity contribution is 6.32. The van der Waals surface area contributed by atoms with Gasteiger partial charge in [-0.2, -0.15) is 0 Å². The van der Waals surface area contributed by atoms with Crippen LogP contribution in [0.2, 0.25) is 5.02 Å². The number of cyclic esters (lactones) is 1. The Labute approximate surface area is 160 Å². The number of ether oxygens (including phenoxy) is 3. The summed E-state index contributed by atoms with van der Waals surface area (Å²) in [5.74, 6) is 0.577. The Kier molecular flexibility index (Phi) is 4.77. The van der Waals surface area contributed by atoms with E-state index in [0.717, 1.165) is 6.42 Å². The summed E-state index contributed by atoms with van der Waals surface area (Å²) < 4.78 is 16.1. The zero-order valence-corrected chi connectivity index (χ0v) is 15.1. The van der Waals surface area contributed by atoms with Gasteiger partial charge >= 0.3 is 6.09 Å². The molecule has 0 atom stereocenters. The molecule has 2 aromatic carbocycles. The lowest BCUT2D eigenvalue weighted by molar-refractivity contribution is 0.102. The molecule has 0 aromatic heterocycles. The zero-order valence-electron chi connectivity index (χ0n) is 14.4. The molecule has 1 N–H and O–H groups in total. The van der Waals surface area contributed by atoms with Gasteiger partial charge in [-0.1, -0.05) is 17.7 Å². The van der Waals surface area contributed by atoms with E-state index in [1.165, 1.54) is 4.90 Å². The summed E-state index contributed by atoms with van der Waals surface area (Å²) in [5.41, 5.74) is 1.57. The summed E-state index contributed by atoms with van der Waals surface area (Å²) >= 11 is 6.25. The van der Waals surface area contributed by atoms with Crippen molar-refractivity contribution in [3.63, 3.8) is 0 Å². The van der Waals surface area contributed by atoms with Crippen LogP contribution in [0.1, 0.15) is 16.8 Å². The number of carbonyl (C=O) groups excluding carboxylic acids is 2. The normalized spacial score (nSPS) is 15.9. The van der Waals surface area contributed by atoms with Crippen LogP contribution in [0.4, 0.5) is 16.2 Å². The summed E-state index contributed by atoms with van der Waals surface area (Å²) in [7, 11) is 0. The van der Waals surface area contributed by atoms with Gasteiger partial charge in [-0.05, 0) is 30.3 Å². The molecule has 2 aliphatic rings. The van der Waals surface area contributed by atoms with Crippen LogP contribution in [-0.2, 0) is 4.74 Å². The summed E-state index contributed by atoms with van der Waals surface area (Å²) in [5, 5.41) is 3.14. The highest BCUT2D eigenvalue weighted by atomic mass is 35.5. The lowest BCUT2D eigenvalue weighted by atomic mass is 10.1. The first kappa shape index (κ1) is 17.5. The maximum absolute atomic E-state index is 12.7. The number of benzene rings is 2. The number of anilines is 2. The highest BCUT2D eigenvalue weighted by Crippen LogP contribution is 2.38. The van der Waals surface area contributed by atoms with Crippen LogP contribution >= 0.6 is 11.6 Å². The lowest BCUT2D eigenvalue weighted by Gasteiger charge is -2.15. The molecule has 0 radical (unpaired) electrons. The number of carbonyl (C=O) groups is 2. The molecule has 2 aromatic rings. The van der Waals surface area contributed by atoms with Gasteiger partial charge in [0.25, 0.3) is 5.91 Å². The molecular weight excluding hydrogens is 372 g/mol. The third-order valence-electron chi connectivity index (χ3n) is 4.24. The first-order valence-corrected chi connectivity index (χ1v) is 8.94. The Hall–Kier alpha value is -2.93. The molecule has 1 fully saturated rings. The van der Waals surface area contributed by atoms with Gasteiger partial charge in [-0.3, -0.25) is 9.69 Å². The number of halogens is 1. The molecule has 0 aliphatic carbocycles. The molecule has 4 rings (SSSR count). The van der Waals surface area contributed by atoms with Crippen LogP contribution in [0.5, 0.6) is 11.5 Å².